The number of benzene rings is 1. The zero-order valence-corrected chi connectivity index (χ0v) is 11.9. The van der Waals surface area contributed by atoms with Gasteiger partial charge in [0.05, 0.1) is 23.5 Å². The molecule has 2 aromatic heterocycles. The molecular formula is C14H12Cl2N2O. The van der Waals surface area contributed by atoms with Crippen molar-refractivity contribution in [1.29, 1.82) is 0 Å². The highest BCUT2D eigenvalue weighted by Crippen LogP contribution is 2.23. The molecule has 0 radical (unpaired) electrons. The Morgan fingerprint density at radius 3 is 2.79 bits per heavy atom. The van der Waals surface area contributed by atoms with Crippen molar-refractivity contribution in [2.75, 3.05) is 0 Å². The van der Waals surface area contributed by atoms with Gasteiger partial charge in [0.2, 0.25) is 0 Å². The summed E-state index contributed by atoms with van der Waals surface area (Å²) >= 11 is 12.0. The number of nitrogens with zero attached hydrogens (tertiary/aromatic N) is 2. The molecule has 98 valence electrons. The molecule has 0 saturated heterocycles. The zero-order chi connectivity index (χ0) is 13.4. The first kappa shape index (κ1) is 12.6. The van der Waals surface area contributed by atoms with Crippen LogP contribution < -0.4 is 0 Å². The fraction of sp³-hybridized carbons (Fsp3) is 0.214. The molecular weight excluding hydrogens is 283 g/mol. The summed E-state index contributed by atoms with van der Waals surface area (Å²) in [4.78, 5) is 4.50. The second-order valence-electron chi connectivity index (χ2n) is 4.39. The van der Waals surface area contributed by atoms with E-state index in [9.17, 15) is 0 Å². The van der Waals surface area contributed by atoms with Crippen LogP contribution in [0.4, 0.5) is 0 Å². The molecule has 3 aromatic rings. The third-order valence-electron chi connectivity index (χ3n) is 3.02. The lowest BCUT2D eigenvalue weighted by Gasteiger charge is -2.05. The van der Waals surface area contributed by atoms with Crippen molar-refractivity contribution in [3.63, 3.8) is 0 Å². The number of hydrogen-bond donors (Lipinski definition) is 0. The van der Waals surface area contributed by atoms with E-state index >= 15 is 0 Å². The summed E-state index contributed by atoms with van der Waals surface area (Å²) in [6.45, 7) is 2.55. The molecule has 1 aromatic carbocycles. The predicted octanol–water partition coefficient (Wildman–Crippen LogP) is 4.38. The van der Waals surface area contributed by atoms with E-state index in [4.69, 9.17) is 27.6 Å². The summed E-state index contributed by atoms with van der Waals surface area (Å²) in [6, 6.07) is 9.57. The van der Waals surface area contributed by atoms with E-state index < -0.39 is 0 Å². The highest BCUT2D eigenvalue weighted by atomic mass is 35.5. The average molecular weight is 295 g/mol. The van der Waals surface area contributed by atoms with Crippen LogP contribution in [0.25, 0.3) is 11.0 Å². The number of halogens is 2. The third-order valence-corrected chi connectivity index (χ3v) is 3.49. The Bertz CT molecular complexity index is 730. The van der Waals surface area contributed by atoms with Crippen LogP contribution in [-0.4, -0.2) is 9.55 Å². The van der Waals surface area contributed by atoms with E-state index in [1.165, 1.54) is 0 Å². The van der Waals surface area contributed by atoms with Crippen molar-refractivity contribution < 1.29 is 4.42 Å². The smallest absolute Gasteiger partial charge is 0.125 e. The summed E-state index contributed by atoms with van der Waals surface area (Å²) in [5.74, 6) is 2.95. The van der Waals surface area contributed by atoms with E-state index in [-0.39, 0.29) is 0 Å². The zero-order valence-electron chi connectivity index (χ0n) is 10.4. The molecule has 0 bridgehead atoms. The van der Waals surface area contributed by atoms with Gasteiger partial charge in [0.1, 0.15) is 17.3 Å². The average Bonchev–Trinajstić information content (AvgIpc) is 2.94. The summed E-state index contributed by atoms with van der Waals surface area (Å²) < 4.78 is 7.66. The Kier molecular flexibility index (Phi) is 3.25. The van der Waals surface area contributed by atoms with Gasteiger partial charge in [-0.25, -0.2) is 4.98 Å². The van der Waals surface area contributed by atoms with E-state index in [0.29, 0.717) is 17.4 Å². The van der Waals surface area contributed by atoms with Crippen molar-refractivity contribution in [2.45, 2.75) is 19.3 Å². The van der Waals surface area contributed by atoms with Crippen LogP contribution in [-0.2, 0) is 12.4 Å². The van der Waals surface area contributed by atoms with Gasteiger partial charge in [-0.05, 0) is 37.3 Å². The lowest BCUT2D eigenvalue weighted by Crippen LogP contribution is -2.02. The van der Waals surface area contributed by atoms with Crippen molar-refractivity contribution in [2.24, 2.45) is 0 Å². The molecule has 0 atom stereocenters. The first-order valence-corrected chi connectivity index (χ1v) is 6.84. The first-order chi connectivity index (χ1) is 9.17. The maximum atomic E-state index is 5.99. The number of imidazole rings is 1. The van der Waals surface area contributed by atoms with Crippen LogP contribution in [0.1, 0.15) is 17.3 Å². The summed E-state index contributed by atoms with van der Waals surface area (Å²) in [6.07, 6.45) is 0. The number of hydrogen-bond acceptors (Lipinski definition) is 2. The van der Waals surface area contributed by atoms with Crippen LogP contribution in [0, 0.1) is 6.92 Å². The molecule has 0 N–H and O–H groups in total. The van der Waals surface area contributed by atoms with Gasteiger partial charge in [0.15, 0.2) is 0 Å². The molecule has 0 aliphatic heterocycles. The Hall–Kier alpha value is -1.45. The molecule has 5 heteroatoms. The highest BCUT2D eigenvalue weighted by molar-refractivity contribution is 6.31. The van der Waals surface area contributed by atoms with E-state index in [1.807, 2.05) is 37.3 Å². The molecule has 0 spiro atoms. The minimum Gasteiger partial charge on any atom is -0.464 e. The standard InChI is InChI=1S/C14H12Cl2N2O/c1-9-2-4-11(19-9)8-18-13-5-3-10(16)6-12(13)17-14(18)7-15/h2-6H,7-8H2,1H3. The Labute approximate surface area is 120 Å². The molecule has 0 saturated carbocycles. The molecule has 0 aliphatic carbocycles. The molecule has 19 heavy (non-hydrogen) atoms. The normalized spacial score (nSPS) is 11.3. The third kappa shape index (κ3) is 2.36. The van der Waals surface area contributed by atoms with Gasteiger partial charge < -0.3 is 8.98 Å². The number of furan rings is 1. The fourth-order valence-electron chi connectivity index (χ4n) is 2.16. The van der Waals surface area contributed by atoms with Gasteiger partial charge in [-0.15, -0.1) is 11.6 Å². The van der Waals surface area contributed by atoms with Gasteiger partial charge in [-0.2, -0.15) is 0 Å². The van der Waals surface area contributed by atoms with Crippen molar-refractivity contribution in [3.8, 4) is 0 Å². The SMILES string of the molecule is Cc1ccc(Cn2c(CCl)nc3cc(Cl)ccc32)o1. The van der Waals surface area contributed by atoms with E-state index in [1.54, 1.807) is 0 Å². The Balaban J connectivity index is 2.10. The van der Waals surface area contributed by atoms with E-state index in [2.05, 4.69) is 9.55 Å². The molecule has 0 unspecified atom stereocenters. The molecule has 2 heterocycles. The van der Waals surface area contributed by atoms with Crippen molar-refractivity contribution in [1.82, 2.24) is 9.55 Å². The Morgan fingerprint density at radius 1 is 1.26 bits per heavy atom. The summed E-state index contributed by atoms with van der Waals surface area (Å²) in [5, 5.41) is 0.673. The van der Waals surface area contributed by atoms with Gasteiger partial charge >= 0.3 is 0 Å². The minimum absolute atomic E-state index is 0.353. The van der Waals surface area contributed by atoms with Crippen LogP contribution in [0.3, 0.4) is 0 Å². The lowest BCUT2D eigenvalue weighted by atomic mass is 10.3. The van der Waals surface area contributed by atoms with Crippen LogP contribution in [0.5, 0.6) is 0 Å². The topological polar surface area (TPSA) is 31.0 Å². The number of aromatic nitrogens is 2. The number of fused-ring (bicyclic) bond motifs is 1. The van der Waals surface area contributed by atoms with Crippen LogP contribution >= 0.6 is 23.2 Å². The number of rotatable bonds is 3. The molecule has 3 rings (SSSR count). The van der Waals surface area contributed by atoms with Gasteiger partial charge in [-0.1, -0.05) is 11.6 Å². The quantitative estimate of drug-likeness (QED) is 0.671. The summed E-state index contributed by atoms with van der Waals surface area (Å²) in [7, 11) is 0. The molecule has 0 amide bonds. The fourth-order valence-corrected chi connectivity index (χ4v) is 2.53. The van der Waals surface area contributed by atoms with Gasteiger partial charge in [-0.3, -0.25) is 0 Å². The van der Waals surface area contributed by atoms with Crippen LogP contribution in [0.15, 0.2) is 34.7 Å². The number of alkyl halides is 1. The molecule has 0 fully saturated rings. The lowest BCUT2D eigenvalue weighted by molar-refractivity contribution is 0.470. The number of aryl methyl sites for hydroxylation is 1. The maximum Gasteiger partial charge on any atom is 0.125 e. The molecule has 3 nitrogen and oxygen atoms in total. The first-order valence-electron chi connectivity index (χ1n) is 5.93. The Morgan fingerprint density at radius 2 is 2.11 bits per heavy atom. The second-order valence-corrected chi connectivity index (χ2v) is 5.10. The minimum atomic E-state index is 0.353. The maximum absolute atomic E-state index is 5.99. The largest absolute Gasteiger partial charge is 0.464 e. The predicted molar refractivity (Wildman–Crippen MR) is 76.8 cm³/mol. The monoisotopic (exact) mass is 294 g/mol. The van der Waals surface area contributed by atoms with Crippen molar-refractivity contribution in [3.05, 3.63) is 52.7 Å². The highest BCUT2D eigenvalue weighted by Gasteiger charge is 2.12. The second kappa shape index (κ2) is 4.91. The molecule has 0 aliphatic rings. The summed E-state index contributed by atoms with van der Waals surface area (Å²) in [5.41, 5.74) is 1.86. The van der Waals surface area contributed by atoms with E-state index in [0.717, 1.165) is 28.4 Å². The van der Waals surface area contributed by atoms with Crippen molar-refractivity contribution >= 4 is 34.2 Å². The van der Waals surface area contributed by atoms with Gasteiger partial charge in [0.25, 0.3) is 0 Å². The van der Waals surface area contributed by atoms with Crippen LogP contribution in [0.2, 0.25) is 5.02 Å². The van der Waals surface area contributed by atoms with Gasteiger partial charge in [0, 0.05) is 5.02 Å².